The van der Waals surface area contributed by atoms with E-state index >= 15 is 0 Å². The van der Waals surface area contributed by atoms with Crippen molar-refractivity contribution in [2.75, 3.05) is 46.6 Å². The molecule has 0 spiro atoms. The van der Waals surface area contributed by atoms with Crippen LogP contribution in [0.25, 0.3) is 0 Å². The van der Waals surface area contributed by atoms with Gasteiger partial charge in [-0.1, -0.05) is 30.3 Å². The SMILES string of the molecule is CN=C(NCCCOCC1CCOC1)NC1CCN(Cc2ccccc2)C(C)C1. The summed E-state index contributed by atoms with van der Waals surface area (Å²) in [7, 11) is 1.85. The lowest BCUT2D eigenvalue weighted by Gasteiger charge is -2.38. The third kappa shape index (κ3) is 7.61. The van der Waals surface area contributed by atoms with Crippen molar-refractivity contribution in [3.63, 3.8) is 0 Å². The van der Waals surface area contributed by atoms with Crippen molar-refractivity contribution in [2.45, 2.75) is 51.2 Å². The van der Waals surface area contributed by atoms with Crippen molar-refractivity contribution in [3.05, 3.63) is 35.9 Å². The highest BCUT2D eigenvalue weighted by Crippen LogP contribution is 2.20. The summed E-state index contributed by atoms with van der Waals surface area (Å²) in [6.45, 7) is 8.72. The first kappa shape index (κ1) is 22.1. The van der Waals surface area contributed by atoms with E-state index in [1.54, 1.807) is 0 Å². The molecule has 0 aliphatic carbocycles. The van der Waals surface area contributed by atoms with Gasteiger partial charge in [-0.3, -0.25) is 9.89 Å². The van der Waals surface area contributed by atoms with E-state index in [1.807, 2.05) is 7.05 Å². The molecule has 0 amide bonds. The maximum atomic E-state index is 5.77. The summed E-state index contributed by atoms with van der Waals surface area (Å²) in [5.74, 6) is 1.50. The van der Waals surface area contributed by atoms with Crippen LogP contribution in [0, 0.1) is 5.92 Å². The van der Waals surface area contributed by atoms with Gasteiger partial charge in [0.05, 0.1) is 13.2 Å². The topological polar surface area (TPSA) is 58.1 Å². The summed E-state index contributed by atoms with van der Waals surface area (Å²) < 4.78 is 11.1. The second-order valence-corrected chi connectivity index (χ2v) is 8.33. The van der Waals surface area contributed by atoms with Crippen LogP contribution in [0.15, 0.2) is 35.3 Å². The highest BCUT2D eigenvalue weighted by Gasteiger charge is 2.25. The number of rotatable bonds is 9. The van der Waals surface area contributed by atoms with E-state index in [4.69, 9.17) is 9.47 Å². The fourth-order valence-corrected chi connectivity index (χ4v) is 4.14. The molecule has 2 fully saturated rings. The molecule has 6 heteroatoms. The molecule has 0 saturated carbocycles. The van der Waals surface area contributed by atoms with Crippen LogP contribution in [-0.4, -0.2) is 69.5 Å². The van der Waals surface area contributed by atoms with Crippen molar-refractivity contribution in [3.8, 4) is 0 Å². The van der Waals surface area contributed by atoms with Gasteiger partial charge in [0.2, 0.25) is 0 Å². The van der Waals surface area contributed by atoms with Crippen LogP contribution in [0.2, 0.25) is 0 Å². The Bertz CT molecular complexity index is 604. The number of ether oxygens (including phenoxy) is 2. The number of guanidine groups is 1. The fourth-order valence-electron chi connectivity index (χ4n) is 4.14. The van der Waals surface area contributed by atoms with E-state index in [9.17, 15) is 0 Å². The number of hydrogen-bond acceptors (Lipinski definition) is 4. The Morgan fingerprint density at radius 2 is 2.14 bits per heavy atom. The molecule has 1 aromatic rings. The number of piperidine rings is 1. The van der Waals surface area contributed by atoms with Gasteiger partial charge >= 0.3 is 0 Å². The van der Waals surface area contributed by atoms with E-state index in [2.05, 4.69) is 57.8 Å². The van der Waals surface area contributed by atoms with Gasteiger partial charge in [0.15, 0.2) is 5.96 Å². The summed E-state index contributed by atoms with van der Waals surface area (Å²) in [4.78, 5) is 6.98. The van der Waals surface area contributed by atoms with E-state index in [0.29, 0.717) is 18.0 Å². The maximum Gasteiger partial charge on any atom is 0.191 e. The van der Waals surface area contributed by atoms with Crippen LogP contribution in [0.3, 0.4) is 0 Å². The molecular weight excluding hydrogens is 364 g/mol. The van der Waals surface area contributed by atoms with Gasteiger partial charge in [0, 0.05) is 57.9 Å². The molecule has 2 aliphatic heterocycles. The van der Waals surface area contributed by atoms with Crippen LogP contribution in [0.1, 0.15) is 38.2 Å². The van der Waals surface area contributed by atoms with E-state index < -0.39 is 0 Å². The molecule has 2 saturated heterocycles. The second-order valence-electron chi connectivity index (χ2n) is 8.33. The second kappa shape index (κ2) is 12.2. The first-order chi connectivity index (χ1) is 14.2. The minimum atomic E-state index is 0.474. The average Bonchev–Trinajstić information content (AvgIpc) is 3.26. The lowest BCUT2D eigenvalue weighted by molar-refractivity contribution is 0.0887. The Balaban J connectivity index is 1.29. The number of benzene rings is 1. The number of nitrogens with one attached hydrogen (secondary N) is 2. The van der Waals surface area contributed by atoms with E-state index in [0.717, 1.165) is 77.7 Å². The molecule has 6 nitrogen and oxygen atoms in total. The van der Waals surface area contributed by atoms with Crippen molar-refractivity contribution < 1.29 is 9.47 Å². The Kier molecular flexibility index (Phi) is 9.25. The normalized spacial score (nSPS) is 25.9. The van der Waals surface area contributed by atoms with Crippen molar-refractivity contribution in [2.24, 2.45) is 10.9 Å². The molecule has 3 rings (SSSR count). The lowest BCUT2D eigenvalue weighted by Crippen LogP contribution is -2.51. The van der Waals surface area contributed by atoms with Crippen LogP contribution in [0.4, 0.5) is 0 Å². The number of aliphatic imine (C=N–C) groups is 1. The monoisotopic (exact) mass is 402 g/mol. The first-order valence-corrected chi connectivity index (χ1v) is 11.1. The molecule has 0 aromatic heterocycles. The van der Waals surface area contributed by atoms with Crippen molar-refractivity contribution in [1.82, 2.24) is 15.5 Å². The highest BCUT2D eigenvalue weighted by molar-refractivity contribution is 5.79. The Hall–Kier alpha value is -1.63. The summed E-state index contributed by atoms with van der Waals surface area (Å²) in [5, 5.41) is 7.04. The minimum absolute atomic E-state index is 0.474. The van der Waals surface area contributed by atoms with Crippen LogP contribution < -0.4 is 10.6 Å². The molecule has 3 atom stereocenters. The minimum Gasteiger partial charge on any atom is -0.381 e. The standard InChI is InChI=1S/C23H38N4O2/c1-19-15-22(9-12-27(19)16-20-7-4-3-5-8-20)26-23(24-2)25-11-6-13-28-17-21-10-14-29-18-21/h3-5,7-8,19,21-22H,6,9-18H2,1-2H3,(H2,24,25,26). The van der Waals surface area contributed by atoms with Crippen LogP contribution in [-0.2, 0) is 16.0 Å². The van der Waals surface area contributed by atoms with Gasteiger partial charge in [0.25, 0.3) is 0 Å². The number of hydrogen-bond donors (Lipinski definition) is 2. The van der Waals surface area contributed by atoms with Gasteiger partial charge in [-0.05, 0) is 38.2 Å². The zero-order valence-corrected chi connectivity index (χ0v) is 18.1. The molecule has 2 N–H and O–H groups in total. The molecule has 29 heavy (non-hydrogen) atoms. The molecule has 2 heterocycles. The third-order valence-electron chi connectivity index (χ3n) is 5.94. The fraction of sp³-hybridized carbons (Fsp3) is 0.696. The molecule has 2 aliphatic rings. The molecule has 0 bridgehead atoms. The van der Waals surface area contributed by atoms with Crippen molar-refractivity contribution in [1.29, 1.82) is 0 Å². The number of likely N-dealkylation sites (tertiary alicyclic amines) is 1. The van der Waals surface area contributed by atoms with Gasteiger partial charge in [-0.15, -0.1) is 0 Å². The molecule has 3 unspecified atom stereocenters. The van der Waals surface area contributed by atoms with Gasteiger partial charge in [0.1, 0.15) is 0 Å². The molecule has 0 radical (unpaired) electrons. The quantitative estimate of drug-likeness (QED) is 0.378. The number of nitrogens with zero attached hydrogens (tertiary/aromatic N) is 2. The predicted octanol–water partition coefficient (Wildman–Crippen LogP) is 2.65. The summed E-state index contributed by atoms with van der Waals surface area (Å²) in [6.07, 6.45) is 4.40. The smallest absolute Gasteiger partial charge is 0.191 e. The Morgan fingerprint density at radius 1 is 1.28 bits per heavy atom. The third-order valence-corrected chi connectivity index (χ3v) is 5.94. The van der Waals surface area contributed by atoms with E-state index in [-0.39, 0.29) is 0 Å². The molecule has 1 aromatic carbocycles. The predicted molar refractivity (Wildman–Crippen MR) is 118 cm³/mol. The zero-order chi connectivity index (χ0) is 20.3. The average molecular weight is 403 g/mol. The Morgan fingerprint density at radius 3 is 2.86 bits per heavy atom. The molecular formula is C23H38N4O2. The lowest BCUT2D eigenvalue weighted by atomic mass is 9.97. The summed E-state index contributed by atoms with van der Waals surface area (Å²) in [5.41, 5.74) is 1.39. The van der Waals surface area contributed by atoms with Crippen LogP contribution >= 0.6 is 0 Å². The molecule has 162 valence electrons. The van der Waals surface area contributed by atoms with Gasteiger partial charge in [-0.25, -0.2) is 0 Å². The van der Waals surface area contributed by atoms with Gasteiger partial charge in [-0.2, -0.15) is 0 Å². The summed E-state index contributed by atoms with van der Waals surface area (Å²) >= 11 is 0. The Labute approximate surface area is 176 Å². The maximum absolute atomic E-state index is 5.77. The summed E-state index contributed by atoms with van der Waals surface area (Å²) in [6, 6.07) is 11.8. The largest absolute Gasteiger partial charge is 0.381 e. The zero-order valence-electron chi connectivity index (χ0n) is 18.1. The van der Waals surface area contributed by atoms with Crippen molar-refractivity contribution >= 4 is 5.96 Å². The highest BCUT2D eigenvalue weighted by atomic mass is 16.5. The first-order valence-electron chi connectivity index (χ1n) is 11.1. The van der Waals surface area contributed by atoms with Gasteiger partial charge < -0.3 is 20.1 Å². The van der Waals surface area contributed by atoms with Crippen LogP contribution in [0.5, 0.6) is 0 Å². The van der Waals surface area contributed by atoms with E-state index in [1.165, 1.54) is 5.56 Å².